The van der Waals surface area contributed by atoms with Gasteiger partial charge in [0, 0.05) is 5.92 Å². The summed E-state index contributed by atoms with van der Waals surface area (Å²) in [6, 6.07) is 0. The van der Waals surface area contributed by atoms with Crippen LogP contribution in [0.4, 0.5) is 0 Å². The van der Waals surface area contributed by atoms with Crippen LogP contribution in [0.2, 0.25) is 0 Å². The molecule has 5 heteroatoms. The van der Waals surface area contributed by atoms with Gasteiger partial charge >= 0.3 is 5.97 Å². The van der Waals surface area contributed by atoms with Gasteiger partial charge in [0.2, 0.25) is 5.89 Å². The van der Waals surface area contributed by atoms with Crippen molar-refractivity contribution >= 4 is 5.97 Å². The number of esters is 1. The van der Waals surface area contributed by atoms with Crippen LogP contribution < -0.4 is 0 Å². The van der Waals surface area contributed by atoms with Crippen LogP contribution in [0.5, 0.6) is 0 Å². The lowest BCUT2D eigenvalue weighted by Crippen LogP contribution is -2.22. The molecule has 1 aromatic rings. The molecule has 104 valence electrons. The molecule has 1 heterocycles. The van der Waals surface area contributed by atoms with Gasteiger partial charge in [-0.3, -0.25) is 4.79 Å². The molecule has 0 aliphatic heterocycles. The maximum Gasteiger partial charge on any atom is 0.318 e. The summed E-state index contributed by atoms with van der Waals surface area (Å²) >= 11 is 0. The molecule has 1 unspecified atom stereocenters. The van der Waals surface area contributed by atoms with Gasteiger partial charge in [0.05, 0.1) is 7.11 Å². The monoisotopic (exact) mass is 264 g/mol. The molecule has 0 aromatic carbocycles. The Bertz CT molecular complexity index is 447. The molecule has 2 saturated carbocycles. The Labute approximate surface area is 112 Å². The van der Waals surface area contributed by atoms with Crippen LogP contribution in [0.1, 0.15) is 68.5 Å². The fourth-order valence-corrected chi connectivity index (χ4v) is 3.12. The van der Waals surface area contributed by atoms with E-state index in [4.69, 9.17) is 9.26 Å². The summed E-state index contributed by atoms with van der Waals surface area (Å²) in [6.45, 7) is 0. The topological polar surface area (TPSA) is 65.2 Å². The van der Waals surface area contributed by atoms with Crippen molar-refractivity contribution in [2.75, 3.05) is 7.11 Å². The van der Waals surface area contributed by atoms with Gasteiger partial charge < -0.3 is 9.26 Å². The van der Waals surface area contributed by atoms with Crippen molar-refractivity contribution in [3.8, 4) is 0 Å². The van der Waals surface area contributed by atoms with Crippen molar-refractivity contribution in [2.45, 2.75) is 56.8 Å². The minimum atomic E-state index is -0.367. The zero-order valence-electron chi connectivity index (χ0n) is 11.3. The van der Waals surface area contributed by atoms with Crippen LogP contribution >= 0.6 is 0 Å². The Morgan fingerprint density at radius 1 is 1.26 bits per heavy atom. The molecule has 5 nitrogen and oxygen atoms in total. The molecule has 2 aliphatic carbocycles. The highest BCUT2D eigenvalue weighted by atomic mass is 16.5. The SMILES string of the molecule is COC(=O)C(c1nc(C2CCC2)no1)C1CCCC1. The molecule has 1 aromatic heterocycles. The highest BCUT2D eigenvalue weighted by molar-refractivity contribution is 5.77. The van der Waals surface area contributed by atoms with Crippen LogP contribution in [0.25, 0.3) is 0 Å². The van der Waals surface area contributed by atoms with Gasteiger partial charge in [-0.1, -0.05) is 24.4 Å². The molecule has 2 aliphatic rings. The Hall–Kier alpha value is -1.39. The van der Waals surface area contributed by atoms with Crippen LogP contribution in [-0.4, -0.2) is 23.2 Å². The summed E-state index contributed by atoms with van der Waals surface area (Å²) in [4.78, 5) is 16.5. The van der Waals surface area contributed by atoms with Crippen molar-refractivity contribution in [1.82, 2.24) is 10.1 Å². The second kappa shape index (κ2) is 5.31. The number of rotatable bonds is 4. The first kappa shape index (κ1) is 12.6. The quantitative estimate of drug-likeness (QED) is 0.782. The molecule has 0 N–H and O–H groups in total. The average Bonchev–Trinajstić information content (AvgIpc) is 2.99. The highest BCUT2D eigenvalue weighted by Gasteiger charge is 2.38. The summed E-state index contributed by atoms with van der Waals surface area (Å²) in [5.74, 6) is 1.35. The molecule has 19 heavy (non-hydrogen) atoms. The van der Waals surface area contributed by atoms with Crippen LogP contribution in [0.15, 0.2) is 4.52 Å². The third-order valence-electron chi connectivity index (χ3n) is 4.52. The van der Waals surface area contributed by atoms with Crippen molar-refractivity contribution in [3.63, 3.8) is 0 Å². The third kappa shape index (κ3) is 2.38. The smallest absolute Gasteiger partial charge is 0.318 e. The van der Waals surface area contributed by atoms with Crippen molar-refractivity contribution in [2.24, 2.45) is 5.92 Å². The van der Waals surface area contributed by atoms with E-state index in [0.29, 0.717) is 17.7 Å². The summed E-state index contributed by atoms with van der Waals surface area (Å²) in [6.07, 6.45) is 7.92. The molecule has 3 rings (SSSR count). The average molecular weight is 264 g/mol. The molecule has 0 radical (unpaired) electrons. The predicted octanol–water partition coefficient (Wildman–Crippen LogP) is 2.78. The fraction of sp³-hybridized carbons (Fsp3) is 0.786. The minimum Gasteiger partial charge on any atom is -0.468 e. The molecule has 0 spiro atoms. The number of carbonyl (C=O) groups excluding carboxylic acids is 1. The molecule has 0 amide bonds. The Morgan fingerprint density at radius 2 is 2.00 bits per heavy atom. The molecular weight excluding hydrogens is 244 g/mol. The zero-order valence-corrected chi connectivity index (χ0v) is 11.3. The van der Waals surface area contributed by atoms with E-state index in [9.17, 15) is 4.79 Å². The third-order valence-corrected chi connectivity index (χ3v) is 4.52. The lowest BCUT2D eigenvalue weighted by atomic mass is 9.85. The van der Waals surface area contributed by atoms with Crippen molar-refractivity contribution in [1.29, 1.82) is 0 Å². The molecule has 0 saturated heterocycles. The van der Waals surface area contributed by atoms with E-state index < -0.39 is 0 Å². The van der Waals surface area contributed by atoms with Gasteiger partial charge in [-0.05, 0) is 31.6 Å². The largest absolute Gasteiger partial charge is 0.468 e. The molecule has 2 fully saturated rings. The van der Waals surface area contributed by atoms with Crippen LogP contribution in [0, 0.1) is 5.92 Å². The molecule has 0 bridgehead atoms. The number of ether oxygens (including phenoxy) is 1. The zero-order chi connectivity index (χ0) is 13.2. The van der Waals surface area contributed by atoms with Gasteiger partial charge in [0.25, 0.3) is 0 Å². The second-order valence-corrected chi connectivity index (χ2v) is 5.66. The van der Waals surface area contributed by atoms with E-state index in [1.807, 2.05) is 0 Å². The maximum absolute atomic E-state index is 12.0. The maximum atomic E-state index is 12.0. The summed E-state index contributed by atoms with van der Waals surface area (Å²) < 4.78 is 10.3. The fourth-order valence-electron chi connectivity index (χ4n) is 3.12. The normalized spacial score (nSPS) is 22.2. The van der Waals surface area contributed by atoms with Crippen molar-refractivity contribution in [3.05, 3.63) is 11.7 Å². The second-order valence-electron chi connectivity index (χ2n) is 5.66. The van der Waals surface area contributed by atoms with Crippen molar-refractivity contribution < 1.29 is 14.1 Å². The minimum absolute atomic E-state index is 0.240. The van der Waals surface area contributed by atoms with Gasteiger partial charge in [-0.2, -0.15) is 4.98 Å². The first-order valence-corrected chi connectivity index (χ1v) is 7.21. The lowest BCUT2D eigenvalue weighted by molar-refractivity contribution is -0.144. The van der Waals surface area contributed by atoms with Gasteiger partial charge in [0.15, 0.2) is 5.82 Å². The van der Waals surface area contributed by atoms with E-state index in [-0.39, 0.29) is 11.9 Å². The summed E-state index contributed by atoms with van der Waals surface area (Å²) in [5, 5.41) is 4.05. The number of methoxy groups -OCH3 is 1. The Balaban J connectivity index is 1.81. The number of aromatic nitrogens is 2. The van der Waals surface area contributed by atoms with Gasteiger partial charge in [0.1, 0.15) is 5.92 Å². The number of nitrogens with zero attached hydrogens (tertiary/aromatic N) is 2. The van der Waals surface area contributed by atoms with E-state index in [1.54, 1.807) is 0 Å². The predicted molar refractivity (Wildman–Crippen MR) is 67.6 cm³/mol. The Morgan fingerprint density at radius 3 is 2.58 bits per heavy atom. The summed E-state index contributed by atoms with van der Waals surface area (Å²) in [7, 11) is 1.42. The van der Waals surface area contributed by atoms with E-state index in [2.05, 4.69) is 10.1 Å². The van der Waals surface area contributed by atoms with E-state index in [1.165, 1.54) is 26.4 Å². The highest BCUT2D eigenvalue weighted by Crippen LogP contribution is 2.39. The number of carbonyl (C=O) groups is 1. The number of hydrogen-bond acceptors (Lipinski definition) is 5. The first-order chi connectivity index (χ1) is 9.29. The van der Waals surface area contributed by atoms with Gasteiger partial charge in [-0.15, -0.1) is 0 Å². The summed E-state index contributed by atoms with van der Waals surface area (Å²) in [5.41, 5.74) is 0. The van der Waals surface area contributed by atoms with E-state index in [0.717, 1.165) is 31.5 Å². The standard InChI is InChI=1S/C14H20N2O3/c1-18-14(17)11(9-5-2-3-6-9)13-15-12(16-19-13)10-7-4-8-10/h9-11H,2-8H2,1H3. The Kier molecular flexibility index (Phi) is 3.53. The number of hydrogen-bond donors (Lipinski definition) is 0. The van der Waals surface area contributed by atoms with Crippen LogP contribution in [-0.2, 0) is 9.53 Å². The molecule has 1 atom stereocenters. The van der Waals surface area contributed by atoms with Crippen LogP contribution in [0.3, 0.4) is 0 Å². The first-order valence-electron chi connectivity index (χ1n) is 7.21. The van der Waals surface area contributed by atoms with Gasteiger partial charge in [-0.25, -0.2) is 0 Å². The van der Waals surface area contributed by atoms with E-state index >= 15 is 0 Å². The lowest BCUT2D eigenvalue weighted by Gasteiger charge is -2.21. The molecular formula is C14H20N2O3.